The van der Waals surface area contributed by atoms with Crippen molar-refractivity contribution in [3.63, 3.8) is 0 Å². The van der Waals surface area contributed by atoms with Crippen LogP contribution in [0.2, 0.25) is 0 Å². The van der Waals surface area contributed by atoms with Crippen molar-refractivity contribution >= 4 is 23.2 Å². The lowest BCUT2D eigenvalue weighted by Crippen LogP contribution is -2.47. The number of benzene rings is 2. The molecular weight excluding hydrogens is 458 g/mol. The molecule has 0 N–H and O–H groups in total. The van der Waals surface area contributed by atoms with E-state index in [-0.39, 0.29) is 12.1 Å². The number of ether oxygens (including phenoxy) is 1. The zero-order valence-corrected chi connectivity index (χ0v) is 24.2. The second-order valence-corrected chi connectivity index (χ2v) is 10.9. The van der Waals surface area contributed by atoms with E-state index in [1.165, 1.54) is 12.1 Å². The van der Waals surface area contributed by atoms with Gasteiger partial charge in [-0.05, 0) is 94.2 Å². The van der Waals surface area contributed by atoms with Crippen LogP contribution in [0.5, 0.6) is 0 Å². The average molecular weight is 506 g/mol. The Morgan fingerprint density at radius 3 is 2.24 bits per heavy atom. The predicted octanol–water partition coefficient (Wildman–Crippen LogP) is 7.12. The zero-order chi connectivity index (χ0) is 27.1. The number of para-hydroxylation sites is 1. The molecule has 0 unspecified atom stereocenters. The van der Waals surface area contributed by atoms with Gasteiger partial charge in [0.2, 0.25) is 0 Å². The van der Waals surface area contributed by atoms with Crippen LogP contribution in [-0.2, 0) is 9.53 Å². The van der Waals surface area contributed by atoms with Gasteiger partial charge < -0.3 is 14.5 Å². The Morgan fingerprint density at radius 2 is 1.68 bits per heavy atom. The molecule has 2 aromatic carbocycles. The highest BCUT2D eigenvalue weighted by Crippen LogP contribution is 2.36. The molecule has 0 spiro atoms. The van der Waals surface area contributed by atoms with Crippen LogP contribution >= 0.6 is 0 Å². The maximum Gasteiger partial charge on any atom is 0.329 e. The fraction of sp³-hybridized carbons (Fsp3) is 0.562. The normalized spacial score (nSPS) is 21.0. The molecule has 5 nitrogen and oxygen atoms in total. The lowest BCUT2D eigenvalue weighted by Gasteiger charge is -2.38. The molecule has 0 saturated heterocycles. The Hall–Kier alpha value is -2.82. The van der Waals surface area contributed by atoms with Gasteiger partial charge in [0.15, 0.2) is 0 Å². The van der Waals surface area contributed by atoms with E-state index in [4.69, 9.17) is 9.73 Å². The monoisotopic (exact) mass is 505 g/mol. The first kappa shape index (κ1) is 28.7. The molecule has 0 amide bonds. The Labute approximate surface area is 224 Å². The Morgan fingerprint density at radius 1 is 1.03 bits per heavy atom. The van der Waals surface area contributed by atoms with Crippen LogP contribution < -0.4 is 9.80 Å². The summed E-state index contributed by atoms with van der Waals surface area (Å²) in [5, 5.41) is 0. The molecule has 0 aromatic heterocycles. The largest absolute Gasteiger partial charge is 0.461 e. The van der Waals surface area contributed by atoms with Crippen LogP contribution in [0.25, 0.3) is 0 Å². The van der Waals surface area contributed by atoms with Gasteiger partial charge in [0, 0.05) is 37.1 Å². The number of hydrogen-bond acceptors (Lipinski definition) is 4. The molecule has 0 radical (unpaired) electrons. The van der Waals surface area contributed by atoms with Crippen LogP contribution in [0.1, 0.15) is 71.9 Å². The number of esters is 1. The molecular formula is C32H47N3O2. The van der Waals surface area contributed by atoms with Gasteiger partial charge >= 0.3 is 5.97 Å². The number of rotatable bonds is 9. The molecule has 1 saturated carbocycles. The lowest BCUT2D eigenvalue weighted by molar-refractivity contribution is -0.156. The molecule has 0 heterocycles. The van der Waals surface area contributed by atoms with E-state index in [2.05, 4.69) is 87.7 Å². The van der Waals surface area contributed by atoms with Crippen molar-refractivity contribution in [2.75, 3.05) is 29.9 Å². The Kier molecular flexibility index (Phi) is 10.2. The fourth-order valence-electron chi connectivity index (χ4n) is 5.73. The van der Waals surface area contributed by atoms with E-state index in [0.717, 1.165) is 48.6 Å². The summed E-state index contributed by atoms with van der Waals surface area (Å²) in [6, 6.07) is 16.2. The van der Waals surface area contributed by atoms with E-state index >= 15 is 0 Å². The summed E-state index contributed by atoms with van der Waals surface area (Å²) < 4.78 is 6.31. The number of carbonyl (C=O) groups excluding carboxylic acids is 1. The van der Waals surface area contributed by atoms with Crippen LogP contribution in [0.4, 0.5) is 11.4 Å². The number of nitrogens with zero attached hydrogens (tertiary/aromatic N) is 3. The molecule has 1 fully saturated rings. The van der Waals surface area contributed by atoms with Crippen molar-refractivity contribution in [2.45, 2.75) is 79.9 Å². The predicted molar refractivity (Wildman–Crippen MR) is 157 cm³/mol. The van der Waals surface area contributed by atoms with Crippen LogP contribution in [0.15, 0.2) is 53.5 Å². The SMILES string of the molecule is CCN(CC)c1ccc(C(=NC)N(c2ccccc2C)[C@H](C)C(=O)O[C@@H]2C[C@H](C)CC[C@H]2C(C)C)cc1. The van der Waals surface area contributed by atoms with Crippen molar-refractivity contribution in [3.05, 3.63) is 59.7 Å². The van der Waals surface area contributed by atoms with Gasteiger partial charge in [0.05, 0.1) is 0 Å². The van der Waals surface area contributed by atoms with Gasteiger partial charge in [-0.3, -0.25) is 4.99 Å². The Bertz CT molecular complexity index is 1040. The summed E-state index contributed by atoms with van der Waals surface area (Å²) in [7, 11) is 1.80. The third-order valence-electron chi connectivity index (χ3n) is 8.03. The summed E-state index contributed by atoms with van der Waals surface area (Å²) in [5.41, 5.74) is 4.23. The number of amidine groups is 1. The first-order valence-electron chi connectivity index (χ1n) is 14.1. The van der Waals surface area contributed by atoms with Crippen molar-refractivity contribution in [1.29, 1.82) is 0 Å². The van der Waals surface area contributed by atoms with E-state index in [9.17, 15) is 4.79 Å². The first-order valence-corrected chi connectivity index (χ1v) is 14.1. The van der Waals surface area contributed by atoms with Crippen LogP contribution in [-0.4, -0.2) is 44.1 Å². The minimum absolute atomic E-state index is 0.0345. The molecule has 2 aromatic rings. The molecule has 202 valence electrons. The minimum Gasteiger partial charge on any atom is -0.461 e. The third-order valence-corrected chi connectivity index (χ3v) is 8.03. The standard InChI is InChI=1S/C32H47N3O2/c1-9-34(10-2)27-18-16-26(17-19-27)31(33-8)35(29-14-12-11-13-24(29)6)25(7)32(36)37-30-21-23(5)15-20-28(30)22(3)4/h11-14,16-19,22-23,25,28,30H,9-10,15,20-21H2,1-8H3/t23-,25-,28+,30-/m1/s1. The summed E-state index contributed by atoms with van der Waals surface area (Å²) in [4.78, 5) is 22.9. The number of anilines is 2. The summed E-state index contributed by atoms with van der Waals surface area (Å²) in [6.07, 6.45) is 3.23. The van der Waals surface area contributed by atoms with Gasteiger partial charge in [-0.2, -0.15) is 0 Å². The highest BCUT2D eigenvalue weighted by molar-refractivity contribution is 6.13. The molecule has 4 atom stereocenters. The van der Waals surface area contributed by atoms with Crippen LogP contribution in [0, 0.1) is 24.7 Å². The average Bonchev–Trinajstić information content (AvgIpc) is 2.88. The summed E-state index contributed by atoms with van der Waals surface area (Å²) in [6.45, 7) is 17.0. The van der Waals surface area contributed by atoms with E-state index in [1.807, 2.05) is 19.1 Å². The van der Waals surface area contributed by atoms with Crippen molar-refractivity contribution in [2.24, 2.45) is 22.7 Å². The zero-order valence-electron chi connectivity index (χ0n) is 24.2. The summed E-state index contributed by atoms with van der Waals surface area (Å²) in [5.74, 6) is 2.06. The Balaban J connectivity index is 1.95. The van der Waals surface area contributed by atoms with Gasteiger partial charge in [0.25, 0.3) is 0 Å². The smallest absolute Gasteiger partial charge is 0.329 e. The lowest BCUT2D eigenvalue weighted by atomic mass is 9.75. The summed E-state index contributed by atoms with van der Waals surface area (Å²) >= 11 is 0. The highest BCUT2D eigenvalue weighted by atomic mass is 16.5. The second kappa shape index (κ2) is 13.1. The molecule has 3 rings (SSSR count). The van der Waals surface area contributed by atoms with Crippen molar-refractivity contribution in [3.8, 4) is 0 Å². The van der Waals surface area contributed by atoms with E-state index < -0.39 is 6.04 Å². The van der Waals surface area contributed by atoms with E-state index in [0.29, 0.717) is 17.8 Å². The molecule has 0 aliphatic heterocycles. The topological polar surface area (TPSA) is 45.1 Å². The number of aliphatic imine (C=N–C) groups is 1. The fourth-order valence-corrected chi connectivity index (χ4v) is 5.73. The number of aryl methyl sites for hydroxylation is 1. The van der Waals surface area contributed by atoms with Gasteiger partial charge in [0.1, 0.15) is 18.0 Å². The molecule has 1 aliphatic carbocycles. The van der Waals surface area contributed by atoms with Crippen molar-refractivity contribution in [1.82, 2.24) is 0 Å². The number of hydrogen-bond donors (Lipinski definition) is 0. The molecule has 37 heavy (non-hydrogen) atoms. The molecule has 0 bridgehead atoms. The minimum atomic E-state index is -0.521. The highest BCUT2D eigenvalue weighted by Gasteiger charge is 2.36. The number of carbonyl (C=O) groups is 1. The van der Waals surface area contributed by atoms with E-state index in [1.54, 1.807) is 7.05 Å². The third kappa shape index (κ3) is 6.74. The van der Waals surface area contributed by atoms with Gasteiger partial charge in [-0.15, -0.1) is 0 Å². The molecule has 1 aliphatic rings. The second-order valence-electron chi connectivity index (χ2n) is 10.9. The molecule has 5 heteroatoms. The van der Waals surface area contributed by atoms with Crippen LogP contribution in [0.3, 0.4) is 0 Å². The van der Waals surface area contributed by atoms with Gasteiger partial charge in [-0.25, -0.2) is 4.79 Å². The van der Waals surface area contributed by atoms with Crippen molar-refractivity contribution < 1.29 is 9.53 Å². The first-order chi connectivity index (χ1) is 17.7. The van der Waals surface area contributed by atoms with Gasteiger partial charge in [-0.1, -0.05) is 45.4 Å². The maximum absolute atomic E-state index is 13.8. The quantitative estimate of drug-likeness (QED) is 0.207. The maximum atomic E-state index is 13.8.